The van der Waals surface area contributed by atoms with E-state index in [1.54, 1.807) is 7.11 Å². The zero-order valence-electron chi connectivity index (χ0n) is 9.96. The highest BCUT2D eigenvalue weighted by Gasteiger charge is 2.12. The average molecular weight is 246 g/mol. The second-order valence-corrected chi connectivity index (χ2v) is 5.11. The lowest BCUT2D eigenvalue weighted by molar-refractivity contribution is -0.121. The molecule has 0 saturated carbocycles. The Labute approximate surface area is 102 Å². The fourth-order valence-electron chi connectivity index (χ4n) is 1.67. The van der Waals surface area contributed by atoms with Crippen LogP contribution in [0.1, 0.15) is 19.3 Å². The average Bonchev–Trinajstić information content (AvgIpc) is 2.31. The Bertz CT molecular complexity index is 196. The van der Waals surface area contributed by atoms with Crippen LogP contribution in [-0.2, 0) is 9.53 Å². The van der Waals surface area contributed by atoms with Gasteiger partial charge < -0.3 is 15.4 Å². The van der Waals surface area contributed by atoms with E-state index in [2.05, 4.69) is 10.6 Å². The summed E-state index contributed by atoms with van der Waals surface area (Å²) >= 11 is 2.00. The van der Waals surface area contributed by atoms with Gasteiger partial charge in [0.1, 0.15) is 0 Å². The van der Waals surface area contributed by atoms with Crippen LogP contribution in [0.2, 0.25) is 0 Å². The highest BCUT2D eigenvalue weighted by atomic mass is 32.2. The molecule has 1 heterocycles. The molecule has 1 atom stereocenters. The van der Waals surface area contributed by atoms with Crippen LogP contribution in [-0.4, -0.2) is 50.3 Å². The fraction of sp³-hybridized carbons (Fsp3) is 0.909. The second-order valence-electron chi connectivity index (χ2n) is 3.96. The van der Waals surface area contributed by atoms with Crippen LogP contribution < -0.4 is 10.6 Å². The highest BCUT2D eigenvalue weighted by molar-refractivity contribution is 7.99. The van der Waals surface area contributed by atoms with Crippen molar-refractivity contribution in [3.05, 3.63) is 0 Å². The first kappa shape index (κ1) is 13.8. The first-order chi connectivity index (χ1) is 7.83. The molecular weight excluding hydrogens is 224 g/mol. The third-order valence-corrected chi connectivity index (χ3v) is 3.79. The lowest BCUT2D eigenvalue weighted by atomic mass is 10.2. The van der Waals surface area contributed by atoms with Crippen LogP contribution in [0.15, 0.2) is 0 Å². The lowest BCUT2D eigenvalue weighted by Crippen LogP contribution is -2.37. The number of hydrogen-bond acceptors (Lipinski definition) is 4. The number of carbonyl (C=O) groups is 1. The van der Waals surface area contributed by atoms with E-state index in [1.165, 1.54) is 24.3 Å². The first-order valence-corrected chi connectivity index (χ1v) is 7.05. The van der Waals surface area contributed by atoms with E-state index in [0.717, 1.165) is 6.54 Å². The normalized spacial score (nSPS) is 20.7. The Kier molecular flexibility index (Phi) is 7.63. The Balaban J connectivity index is 1.94. The summed E-state index contributed by atoms with van der Waals surface area (Å²) in [6.07, 6.45) is 3.10. The summed E-state index contributed by atoms with van der Waals surface area (Å²) in [7, 11) is 1.63. The minimum Gasteiger partial charge on any atom is -0.383 e. The largest absolute Gasteiger partial charge is 0.383 e. The number of ether oxygens (including phenoxy) is 1. The Morgan fingerprint density at radius 2 is 2.38 bits per heavy atom. The van der Waals surface area contributed by atoms with Gasteiger partial charge in [0.2, 0.25) is 5.91 Å². The van der Waals surface area contributed by atoms with Crippen molar-refractivity contribution in [1.82, 2.24) is 10.6 Å². The fourth-order valence-corrected chi connectivity index (χ4v) is 2.78. The smallest absolute Gasteiger partial charge is 0.221 e. The SMILES string of the molecule is COCCNC(=O)CCNC1CCCSC1. The van der Waals surface area contributed by atoms with Gasteiger partial charge in [0.15, 0.2) is 0 Å². The third kappa shape index (κ3) is 6.35. The molecule has 94 valence electrons. The maximum absolute atomic E-state index is 11.3. The lowest BCUT2D eigenvalue weighted by Gasteiger charge is -2.22. The van der Waals surface area contributed by atoms with Crippen LogP contribution >= 0.6 is 11.8 Å². The Morgan fingerprint density at radius 3 is 3.06 bits per heavy atom. The summed E-state index contributed by atoms with van der Waals surface area (Å²) in [6, 6.07) is 0.602. The van der Waals surface area contributed by atoms with E-state index in [4.69, 9.17) is 4.74 Å². The van der Waals surface area contributed by atoms with Crippen molar-refractivity contribution in [2.75, 3.05) is 38.3 Å². The number of thioether (sulfide) groups is 1. The predicted molar refractivity (Wildman–Crippen MR) is 67.9 cm³/mol. The second kappa shape index (κ2) is 8.84. The quantitative estimate of drug-likeness (QED) is 0.647. The first-order valence-electron chi connectivity index (χ1n) is 5.89. The number of methoxy groups -OCH3 is 1. The molecule has 5 heteroatoms. The van der Waals surface area contributed by atoms with Gasteiger partial charge in [0.25, 0.3) is 0 Å². The molecule has 0 spiro atoms. The third-order valence-electron chi connectivity index (χ3n) is 2.57. The van der Waals surface area contributed by atoms with E-state index < -0.39 is 0 Å². The molecule has 0 bridgehead atoms. The van der Waals surface area contributed by atoms with Gasteiger partial charge in [-0.2, -0.15) is 11.8 Å². The molecule has 1 fully saturated rings. The van der Waals surface area contributed by atoms with Gasteiger partial charge in [0.05, 0.1) is 6.61 Å². The molecule has 1 unspecified atom stereocenters. The van der Waals surface area contributed by atoms with Crippen molar-refractivity contribution in [1.29, 1.82) is 0 Å². The molecule has 1 aliphatic rings. The molecular formula is C11H22N2O2S. The van der Waals surface area contributed by atoms with Crippen LogP contribution in [0.5, 0.6) is 0 Å². The summed E-state index contributed by atoms with van der Waals surface area (Å²) < 4.78 is 4.86. The zero-order chi connectivity index (χ0) is 11.6. The van der Waals surface area contributed by atoms with Crippen LogP contribution in [0.3, 0.4) is 0 Å². The van der Waals surface area contributed by atoms with Crippen LogP contribution in [0.4, 0.5) is 0 Å². The molecule has 1 rings (SSSR count). The number of hydrogen-bond donors (Lipinski definition) is 2. The number of nitrogens with one attached hydrogen (secondary N) is 2. The van der Waals surface area contributed by atoms with E-state index in [9.17, 15) is 4.79 Å². The highest BCUT2D eigenvalue weighted by Crippen LogP contribution is 2.16. The summed E-state index contributed by atoms with van der Waals surface area (Å²) in [6.45, 7) is 1.97. The molecule has 4 nitrogen and oxygen atoms in total. The maximum atomic E-state index is 11.3. The molecule has 0 aromatic heterocycles. The van der Waals surface area contributed by atoms with Gasteiger partial charge >= 0.3 is 0 Å². The molecule has 1 aliphatic heterocycles. The summed E-state index contributed by atoms with van der Waals surface area (Å²) in [5.41, 5.74) is 0. The van der Waals surface area contributed by atoms with Gasteiger partial charge in [-0.15, -0.1) is 0 Å². The van der Waals surface area contributed by atoms with Crippen molar-refractivity contribution in [2.24, 2.45) is 0 Å². The predicted octanol–water partition coefficient (Wildman–Crippen LogP) is 0.624. The number of rotatable bonds is 7. The van der Waals surface area contributed by atoms with Crippen molar-refractivity contribution in [2.45, 2.75) is 25.3 Å². The van der Waals surface area contributed by atoms with Crippen molar-refractivity contribution < 1.29 is 9.53 Å². The molecule has 16 heavy (non-hydrogen) atoms. The number of amides is 1. The van der Waals surface area contributed by atoms with E-state index >= 15 is 0 Å². The molecule has 1 saturated heterocycles. The number of carbonyl (C=O) groups excluding carboxylic acids is 1. The van der Waals surface area contributed by atoms with E-state index in [0.29, 0.717) is 25.6 Å². The van der Waals surface area contributed by atoms with Crippen molar-refractivity contribution >= 4 is 17.7 Å². The summed E-state index contributed by atoms with van der Waals surface area (Å²) in [5.74, 6) is 2.58. The zero-order valence-corrected chi connectivity index (χ0v) is 10.8. The monoisotopic (exact) mass is 246 g/mol. The molecule has 2 N–H and O–H groups in total. The van der Waals surface area contributed by atoms with Crippen LogP contribution in [0, 0.1) is 0 Å². The van der Waals surface area contributed by atoms with Crippen molar-refractivity contribution in [3.63, 3.8) is 0 Å². The molecule has 1 amide bonds. The van der Waals surface area contributed by atoms with Gasteiger partial charge in [0, 0.05) is 38.4 Å². The van der Waals surface area contributed by atoms with Gasteiger partial charge in [-0.25, -0.2) is 0 Å². The Hall–Kier alpha value is -0.260. The maximum Gasteiger partial charge on any atom is 0.221 e. The Morgan fingerprint density at radius 1 is 1.50 bits per heavy atom. The molecule has 0 aromatic rings. The van der Waals surface area contributed by atoms with E-state index in [1.807, 2.05) is 11.8 Å². The van der Waals surface area contributed by atoms with Gasteiger partial charge in [-0.05, 0) is 18.6 Å². The minimum absolute atomic E-state index is 0.105. The van der Waals surface area contributed by atoms with Gasteiger partial charge in [-0.3, -0.25) is 4.79 Å². The van der Waals surface area contributed by atoms with E-state index in [-0.39, 0.29) is 5.91 Å². The minimum atomic E-state index is 0.105. The topological polar surface area (TPSA) is 50.4 Å². The summed E-state index contributed by atoms with van der Waals surface area (Å²) in [5, 5.41) is 6.24. The summed E-state index contributed by atoms with van der Waals surface area (Å²) in [4.78, 5) is 11.3. The van der Waals surface area contributed by atoms with Gasteiger partial charge in [-0.1, -0.05) is 0 Å². The van der Waals surface area contributed by atoms with Crippen molar-refractivity contribution in [3.8, 4) is 0 Å². The molecule has 0 aliphatic carbocycles. The molecule has 0 aromatic carbocycles. The van der Waals surface area contributed by atoms with Crippen LogP contribution in [0.25, 0.3) is 0 Å². The molecule has 0 radical (unpaired) electrons. The standard InChI is InChI=1S/C11H22N2O2S/c1-15-7-6-13-11(14)4-5-12-10-3-2-8-16-9-10/h10,12H,2-9H2,1H3,(H,13,14).